The molecule has 6 nitrogen and oxygen atoms in total. The molecule has 0 spiro atoms. The molecule has 1 aliphatic rings. The van der Waals surface area contributed by atoms with Gasteiger partial charge in [0, 0.05) is 17.8 Å². The van der Waals surface area contributed by atoms with Crippen LogP contribution in [0.2, 0.25) is 0 Å². The molecular weight excluding hydrogens is 332 g/mol. The molecule has 0 radical (unpaired) electrons. The quantitative estimate of drug-likeness (QED) is 0.714. The molecular formula is C20H20N2O4. The van der Waals surface area contributed by atoms with Crippen LogP contribution in [0.4, 0.5) is 11.4 Å². The lowest BCUT2D eigenvalue weighted by Crippen LogP contribution is -2.14. The number of benzene rings is 2. The van der Waals surface area contributed by atoms with Crippen LogP contribution in [0.5, 0.6) is 0 Å². The van der Waals surface area contributed by atoms with E-state index in [0.29, 0.717) is 30.5 Å². The van der Waals surface area contributed by atoms with E-state index >= 15 is 0 Å². The van der Waals surface area contributed by atoms with Gasteiger partial charge in [0.15, 0.2) is 0 Å². The van der Waals surface area contributed by atoms with Crippen LogP contribution in [0.3, 0.4) is 0 Å². The third-order valence-electron chi connectivity index (χ3n) is 4.30. The highest BCUT2D eigenvalue weighted by Crippen LogP contribution is 2.24. The number of aryl methyl sites for hydroxylation is 1. The van der Waals surface area contributed by atoms with E-state index in [-0.39, 0.29) is 18.2 Å². The van der Waals surface area contributed by atoms with Crippen molar-refractivity contribution < 1.29 is 19.5 Å². The number of para-hydroxylation sites is 1. The Bertz CT molecular complexity index is 861. The Morgan fingerprint density at radius 2 is 1.96 bits per heavy atom. The largest absolute Gasteiger partial charge is 0.481 e. The Kier molecular flexibility index (Phi) is 5.31. The fourth-order valence-corrected chi connectivity index (χ4v) is 3.06. The number of aliphatic carboxylic acids is 1. The molecule has 0 fully saturated rings. The number of hydrogen-bond acceptors (Lipinski definition) is 3. The van der Waals surface area contributed by atoms with Gasteiger partial charge in [-0.1, -0.05) is 30.3 Å². The van der Waals surface area contributed by atoms with E-state index < -0.39 is 5.97 Å². The van der Waals surface area contributed by atoms with Crippen molar-refractivity contribution in [2.45, 2.75) is 32.1 Å². The summed E-state index contributed by atoms with van der Waals surface area (Å²) in [6, 6.07) is 12.8. The molecule has 2 aromatic carbocycles. The Morgan fingerprint density at radius 1 is 1.15 bits per heavy atom. The van der Waals surface area contributed by atoms with Crippen LogP contribution in [-0.2, 0) is 33.6 Å². The molecule has 26 heavy (non-hydrogen) atoms. The summed E-state index contributed by atoms with van der Waals surface area (Å²) in [5.41, 5.74) is 4.09. The summed E-state index contributed by atoms with van der Waals surface area (Å²) < 4.78 is 0. The smallest absolute Gasteiger partial charge is 0.307 e. The van der Waals surface area contributed by atoms with E-state index in [0.717, 1.165) is 23.2 Å². The molecule has 6 heteroatoms. The molecule has 3 N–H and O–H groups in total. The summed E-state index contributed by atoms with van der Waals surface area (Å²) in [7, 11) is 0. The van der Waals surface area contributed by atoms with Crippen LogP contribution in [0.15, 0.2) is 42.5 Å². The second-order valence-electron chi connectivity index (χ2n) is 6.35. The first-order chi connectivity index (χ1) is 12.5. The zero-order valence-corrected chi connectivity index (χ0v) is 14.2. The van der Waals surface area contributed by atoms with Gasteiger partial charge in [-0.15, -0.1) is 0 Å². The lowest BCUT2D eigenvalue weighted by molar-refractivity contribution is -0.136. The number of carbonyl (C=O) groups excluding carboxylic acids is 2. The van der Waals surface area contributed by atoms with Crippen molar-refractivity contribution in [3.05, 3.63) is 59.2 Å². The maximum absolute atomic E-state index is 12.2. The van der Waals surface area contributed by atoms with Gasteiger partial charge in [-0.2, -0.15) is 0 Å². The fourth-order valence-electron chi connectivity index (χ4n) is 3.06. The predicted molar refractivity (Wildman–Crippen MR) is 98.1 cm³/mol. The van der Waals surface area contributed by atoms with Gasteiger partial charge in [-0.25, -0.2) is 0 Å². The fraction of sp³-hybridized carbons (Fsp3) is 0.250. The Balaban J connectivity index is 1.52. The number of carboxylic acid groups (broad SMARTS) is 1. The van der Waals surface area contributed by atoms with Gasteiger partial charge in [-0.3, -0.25) is 14.4 Å². The van der Waals surface area contributed by atoms with Crippen molar-refractivity contribution >= 4 is 29.2 Å². The number of hydrogen-bond donors (Lipinski definition) is 3. The minimum absolute atomic E-state index is 0.0107. The van der Waals surface area contributed by atoms with Gasteiger partial charge in [0.1, 0.15) is 0 Å². The third kappa shape index (κ3) is 4.47. The number of rotatable bonds is 7. The maximum Gasteiger partial charge on any atom is 0.307 e. The summed E-state index contributed by atoms with van der Waals surface area (Å²) in [6.07, 6.45) is 2.04. The van der Waals surface area contributed by atoms with Crippen molar-refractivity contribution in [1.82, 2.24) is 0 Å². The van der Waals surface area contributed by atoms with Crippen molar-refractivity contribution in [3.8, 4) is 0 Å². The molecule has 1 heterocycles. The summed E-state index contributed by atoms with van der Waals surface area (Å²) in [4.78, 5) is 34.4. The van der Waals surface area contributed by atoms with Gasteiger partial charge < -0.3 is 15.7 Å². The zero-order valence-electron chi connectivity index (χ0n) is 14.2. The average Bonchev–Trinajstić information content (AvgIpc) is 2.95. The van der Waals surface area contributed by atoms with Crippen LogP contribution in [0.1, 0.15) is 29.5 Å². The SMILES string of the molecule is O=C(O)Cc1ccccc1NC(=O)CCCc1ccc2c(c1)CC(=O)N2. The Labute approximate surface area is 151 Å². The van der Waals surface area contributed by atoms with Gasteiger partial charge >= 0.3 is 5.97 Å². The van der Waals surface area contributed by atoms with Crippen molar-refractivity contribution in [1.29, 1.82) is 0 Å². The van der Waals surface area contributed by atoms with Crippen LogP contribution in [-0.4, -0.2) is 22.9 Å². The first kappa shape index (κ1) is 17.7. The number of amides is 2. The van der Waals surface area contributed by atoms with Crippen LogP contribution < -0.4 is 10.6 Å². The monoisotopic (exact) mass is 352 g/mol. The molecule has 1 aliphatic heterocycles. The van der Waals surface area contributed by atoms with Crippen LogP contribution >= 0.6 is 0 Å². The lowest BCUT2D eigenvalue weighted by atomic mass is 10.0. The first-order valence-electron chi connectivity index (χ1n) is 8.52. The molecule has 3 rings (SSSR count). The van der Waals surface area contributed by atoms with E-state index in [1.54, 1.807) is 24.3 Å². The summed E-state index contributed by atoms with van der Waals surface area (Å²) in [5.74, 6) is -1.06. The maximum atomic E-state index is 12.2. The molecule has 0 saturated carbocycles. The molecule has 0 aliphatic carbocycles. The van der Waals surface area contributed by atoms with Crippen molar-refractivity contribution in [2.75, 3.05) is 10.6 Å². The van der Waals surface area contributed by atoms with E-state index in [4.69, 9.17) is 5.11 Å². The molecule has 2 aromatic rings. The Morgan fingerprint density at radius 3 is 2.77 bits per heavy atom. The molecule has 2 amide bonds. The topological polar surface area (TPSA) is 95.5 Å². The van der Waals surface area contributed by atoms with E-state index in [1.807, 2.05) is 18.2 Å². The standard InChI is InChI=1S/C20H20N2O4/c23-18(21-16-6-2-1-5-14(16)12-20(25)26)7-3-4-13-8-9-17-15(10-13)11-19(24)22-17/h1-2,5-6,8-10H,3-4,7,11-12H2,(H,21,23)(H,22,24)(H,25,26). The van der Waals surface area contributed by atoms with Gasteiger partial charge in [0.25, 0.3) is 0 Å². The van der Waals surface area contributed by atoms with Crippen LogP contribution in [0.25, 0.3) is 0 Å². The Hall–Kier alpha value is -3.15. The molecule has 0 bridgehead atoms. The predicted octanol–water partition coefficient (Wildman–Crippen LogP) is 2.77. The number of carboxylic acids is 1. The zero-order chi connectivity index (χ0) is 18.5. The number of nitrogens with one attached hydrogen (secondary N) is 2. The molecule has 0 saturated heterocycles. The summed E-state index contributed by atoms with van der Waals surface area (Å²) >= 11 is 0. The second kappa shape index (κ2) is 7.82. The molecule has 0 unspecified atom stereocenters. The number of fused-ring (bicyclic) bond motifs is 1. The highest BCUT2D eigenvalue weighted by Gasteiger charge is 2.17. The average molecular weight is 352 g/mol. The van der Waals surface area contributed by atoms with Crippen molar-refractivity contribution in [2.24, 2.45) is 0 Å². The number of carbonyl (C=O) groups is 3. The van der Waals surface area contributed by atoms with Gasteiger partial charge in [-0.05, 0) is 41.7 Å². The van der Waals surface area contributed by atoms with Crippen molar-refractivity contribution in [3.63, 3.8) is 0 Å². The minimum Gasteiger partial charge on any atom is -0.481 e. The highest BCUT2D eigenvalue weighted by molar-refractivity contribution is 5.99. The van der Waals surface area contributed by atoms with Gasteiger partial charge in [0.05, 0.1) is 12.8 Å². The van der Waals surface area contributed by atoms with E-state index in [1.165, 1.54) is 0 Å². The minimum atomic E-state index is -0.934. The second-order valence-corrected chi connectivity index (χ2v) is 6.35. The first-order valence-corrected chi connectivity index (χ1v) is 8.52. The molecule has 0 atom stereocenters. The lowest BCUT2D eigenvalue weighted by Gasteiger charge is -2.10. The van der Waals surface area contributed by atoms with Gasteiger partial charge in [0.2, 0.25) is 11.8 Å². The molecule has 134 valence electrons. The highest BCUT2D eigenvalue weighted by atomic mass is 16.4. The van der Waals surface area contributed by atoms with E-state index in [9.17, 15) is 14.4 Å². The van der Waals surface area contributed by atoms with E-state index in [2.05, 4.69) is 10.6 Å². The molecule has 0 aromatic heterocycles. The summed E-state index contributed by atoms with van der Waals surface area (Å²) in [5, 5.41) is 14.5. The third-order valence-corrected chi connectivity index (χ3v) is 4.30. The van der Waals surface area contributed by atoms with Crippen LogP contribution in [0, 0.1) is 0 Å². The number of anilines is 2. The normalized spacial score (nSPS) is 12.4. The summed E-state index contributed by atoms with van der Waals surface area (Å²) in [6.45, 7) is 0.